The van der Waals surface area contributed by atoms with Gasteiger partial charge in [-0.25, -0.2) is 4.98 Å². The van der Waals surface area contributed by atoms with Crippen LogP contribution < -0.4 is 4.74 Å². The standard InChI is InChI=1S/C9H9ClN2O/c1-5-7(4-11)9(13-3)12-6(2)8(5)10/h1-3H3. The van der Waals surface area contributed by atoms with Crippen molar-refractivity contribution in [1.82, 2.24) is 4.98 Å². The Morgan fingerprint density at radius 3 is 2.54 bits per heavy atom. The Balaban J connectivity index is 3.50. The van der Waals surface area contributed by atoms with Crippen molar-refractivity contribution in [3.8, 4) is 11.9 Å². The molecule has 0 aliphatic rings. The third-order valence-electron chi connectivity index (χ3n) is 1.81. The molecule has 1 rings (SSSR count). The molecule has 0 fully saturated rings. The van der Waals surface area contributed by atoms with Crippen LogP contribution in [0.2, 0.25) is 5.02 Å². The minimum Gasteiger partial charge on any atom is -0.480 e. The van der Waals surface area contributed by atoms with Gasteiger partial charge in [0.15, 0.2) is 0 Å². The van der Waals surface area contributed by atoms with Gasteiger partial charge in [-0.1, -0.05) is 11.6 Å². The maximum absolute atomic E-state index is 8.82. The fourth-order valence-electron chi connectivity index (χ4n) is 1.08. The van der Waals surface area contributed by atoms with Crippen molar-refractivity contribution in [2.45, 2.75) is 13.8 Å². The van der Waals surface area contributed by atoms with Gasteiger partial charge in [-0.15, -0.1) is 0 Å². The minimum atomic E-state index is 0.335. The highest BCUT2D eigenvalue weighted by molar-refractivity contribution is 6.32. The maximum atomic E-state index is 8.82. The molecule has 68 valence electrons. The predicted molar refractivity (Wildman–Crippen MR) is 50.0 cm³/mol. The molecule has 1 aromatic heterocycles. The van der Waals surface area contributed by atoms with Crippen LogP contribution in [0.5, 0.6) is 5.88 Å². The van der Waals surface area contributed by atoms with Crippen molar-refractivity contribution in [2.75, 3.05) is 7.11 Å². The van der Waals surface area contributed by atoms with Gasteiger partial charge in [0.25, 0.3) is 0 Å². The van der Waals surface area contributed by atoms with Gasteiger partial charge in [0.05, 0.1) is 17.8 Å². The SMILES string of the molecule is COc1nc(C)c(Cl)c(C)c1C#N. The molecule has 1 heterocycles. The van der Waals surface area contributed by atoms with Gasteiger partial charge in [0, 0.05) is 0 Å². The molecule has 0 aliphatic carbocycles. The van der Waals surface area contributed by atoms with Gasteiger partial charge in [0.2, 0.25) is 5.88 Å². The van der Waals surface area contributed by atoms with E-state index in [0.29, 0.717) is 27.7 Å². The van der Waals surface area contributed by atoms with E-state index >= 15 is 0 Å². The van der Waals surface area contributed by atoms with Gasteiger partial charge in [-0.2, -0.15) is 5.26 Å². The lowest BCUT2D eigenvalue weighted by Crippen LogP contribution is -1.98. The molecule has 0 saturated carbocycles. The molecule has 0 unspecified atom stereocenters. The van der Waals surface area contributed by atoms with Crippen molar-refractivity contribution < 1.29 is 4.74 Å². The van der Waals surface area contributed by atoms with E-state index in [0.717, 1.165) is 0 Å². The number of hydrogen-bond acceptors (Lipinski definition) is 3. The lowest BCUT2D eigenvalue weighted by atomic mass is 10.1. The third kappa shape index (κ3) is 1.58. The van der Waals surface area contributed by atoms with Gasteiger partial charge < -0.3 is 4.74 Å². The zero-order valence-electron chi connectivity index (χ0n) is 7.68. The molecular weight excluding hydrogens is 188 g/mol. The number of nitrogens with zero attached hydrogens (tertiary/aromatic N) is 2. The number of aromatic nitrogens is 1. The van der Waals surface area contributed by atoms with Gasteiger partial charge in [-0.05, 0) is 19.4 Å². The zero-order valence-corrected chi connectivity index (χ0v) is 8.44. The fraction of sp³-hybridized carbons (Fsp3) is 0.333. The number of methoxy groups -OCH3 is 1. The first-order valence-electron chi connectivity index (χ1n) is 3.72. The van der Waals surface area contributed by atoms with Crippen molar-refractivity contribution in [3.05, 3.63) is 21.8 Å². The Hall–Kier alpha value is -1.27. The summed E-state index contributed by atoms with van der Waals surface area (Å²) in [6.07, 6.45) is 0. The number of pyridine rings is 1. The molecule has 0 aromatic carbocycles. The largest absolute Gasteiger partial charge is 0.480 e. The van der Waals surface area contributed by atoms with Crippen molar-refractivity contribution in [1.29, 1.82) is 5.26 Å². The van der Waals surface area contributed by atoms with Crippen LogP contribution in [0.25, 0.3) is 0 Å². The predicted octanol–water partition coefficient (Wildman–Crippen LogP) is 2.23. The first-order chi connectivity index (χ1) is 6.11. The van der Waals surface area contributed by atoms with Crippen molar-refractivity contribution in [3.63, 3.8) is 0 Å². The van der Waals surface area contributed by atoms with E-state index in [9.17, 15) is 0 Å². The smallest absolute Gasteiger partial charge is 0.231 e. The Labute approximate surface area is 81.9 Å². The lowest BCUT2D eigenvalue weighted by molar-refractivity contribution is 0.395. The number of halogens is 1. The number of aryl methyl sites for hydroxylation is 1. The molecule has 13 heavy (non-hydrogen) atoms. The van der Waals surface area contributed by atoms with Crippen LogP contribution >= 0.6 is 11.6 Å². The van der Waals surface area contributed by atoms with Gasteiger partial charge in [0.1, 0.15) is 11.6 Å². The quantitative estimate of drug-likeness (QED) is 0.692. The van der Waals surface area contributed by atoms with Crippen LogP contribution in [0, 0.1) is 25.2 Å². The highest BCUT2D eigenvalue weighted by Gasteiger charge is 2.13. The molecule has 3 nitrogen and oxygen atoms in total. The molecule has 0 spiro atoms. The van der Waals surface area contributed by atoms with E-state index in [2.05, 4.69) is 4.98 Å². The molecular formula is C9H9ClN2O. The van der Waals surface area contributed by atoms with Crippen molar-refractivity contribution in [2.24, 2.45) is 0 Å². The molecule has 1 aromatic rings. The summed E-state index contributed by atoms with van der Waals surface area (Å²) in [7, 11) is 1.48. The van der Waals surface area contributed by atoms with Crippen LogP contribution in [0.1, 0.15) is 16.8 Å². The van der Waals surface area contributed by atoms with Gasteiger partial charge >= 0.3 is 0 Å². The van der Waals surface area contributed by atoms with Crippen molar-refractivity contribution >= 4 is 11.6 Å². The summed E-state index contributed by atoms with van der Waals surface area (Å²) >= 11 is 5.92. The Bertz CT molecular complexity index is 382. The molecule has 0 radical (unpaired) electrons. The second-order valence-corrected chi connectivity index (χ2v) is 3.01. The van der Waals surface area contributed by atoms with E-state index in [-0.39, 0.29) is 0 Å². The molecule has 0 N–H and O–H groups in total. The van der Waals surface area contributed by atoms with Crippen LogP contribution in [-0.2, 0) is 0 Å². The average Bonchev–Trinajstić information content (AvgIpc) is 2.13. The summed E-state index contributed by atoms with van der Waals surface area (Å²) in [5, 5.41) is 9.34. The van der Waals surface area contributed by atoms with E-state index in [1.54, 1.807) is 13.8 Å². The van der Waals surface area contributed by atoms with Crippen LogP contribution in [-0.4, -0.2) is 12.1 Å². The number of hydrogen-bond donors (Lipinski definition) is 0. The topological polar surface area (TPSA) is 45.9 Å². The van der Waals surface area contributed by atoms with E-state index in [1.807, 2.05) is 6.07 Å². The molecule has 0 bridgehead atoms. The zero-order chi connectivity index (χ0) is 10.0. The summed E-state index contributed by atoms with van der Waals surface area (Å²) in [4.78, 5) is 4.05. The second-order valence-electron chi connectivity index (χ2n) is 2.63. The molecule has 4 heteroatoms. The average molecular weight is 197 g/mol. The van der Waals surface area contributed by atoms with E-state index in [4.69, 9.17) is 21.6 Å². The Kier molecular flexibility index (Phi) is 2.74. The molecule has 0 atom stereocenters. The van der Waals surface area contributed by atoms with Crippen LogP contribution in [0.4, 0.5) is 0 Å². The van der Waals surface area contributed by atoms with Crippen LogP contribution in [0.15, 0.2) is 0 Å². The van der Waals surface area contributed by atoms with E-state index < -0.39 is 0 Å². The molecule has 0 aliphatic heterocycles. The fourth-order valence-corrected chi connectivity index (χ4v) is 1.21. The summed E-state index contributed by atoms with van der Waals surface area (Å²) < 4.78 is 4.96. The molecule has 0 saturated heterocycles. The Morgan fingerprint density at radius 2 is 2.08 bits per heavy atom. The summed E-state index contributed by atoms with van der Waals surface area (Å²) in [5.74, 6) is 0.335. The van der Waals surface area contributed by atoms with Gasteiger partial charge in [-0.3, -0.25) is 0 Å². The molecule has 0 amide bonds. The summed E-state index contributed by atoms with van der Waals surface area (Å²) in [5.41, 5.74) is 1.79. The number of ether oxygens (including phenoxy) is 1. The lowest BCUT2D eigenvalue weighted by Gasteiger charge is -2.07. The number of rotatable bonds is 1. The monoisotopic (exact) mass is 196 g/mol. The Morgan fingerprint density at radius 1 is 1.46 bits per heavy atom. The summed E-state index contributed by atoms with van der Waals surface area (Å²) in [6, 6.07) is 2.01. The first-order valence-corrected chi connectivity index (χ1v) is 4.10. The number of nitriles is 1. The second kappa shape index (κ2) is 3.63. The van der Waals surface area contributed by atoms with E-state index in [1.165, 1.54) is 7.11 Å². The minimum absolute atomic E-state index is 0.335. The van der Waals surface area contributed by atoms with Crippen LogP contribution in [0.3, 0.4) is 0 Å². The normalized spacial score (nSPS) is 9.46. The highest BCUT2D eigenvalue weighted by atomic mass is 35.5. The first kappa shape index (κ1) is 9.82. The third-order valence-corrected chi connectivity index (χ3v) is 2.37. The summed E-state index contributed by atoms with van der Waals surface area (Å²) in [6.45, 7) is 3.55. The highest BCUT2D eigenvalue weighted by Crippen LogP contribution is 2.27. The maximum Gasteiger partial charge on any atom is 0.231 e.